The lowest BCUT2D eigenvalue weighted by atomic mass is 9.84. The number of nitrogens with one attached hydrogen (secondary N) is 1. The number of hydrogen-bond acceptors (Lipinski definition) is 2. The quantitative estimate of drug-likeness (QED) is 0.632. The molecule has 1 atom stereocenters. The Morgan fingerprint density at radius 1 is 1.11 bits per heavy atom. The van der Waals surface area contributed by atoms with Gasteiger partial charge in [0.15, 0.2) is 0 Å². The lowest BCUT2D eigenvalue weighted by Gasteiger charge is -2.31. The molecule has 1 N–H and O–H groups in total. The van der Waals surface area contributed by atoms with Gasteiger partial charge in [-0.3, -0.25) is 0 Å². The van der Waals surface area contributed by atoms with E-state index in [0.717, 1.165) is 31.6 Å². The van der Waals surface area contributed by atoms with Gasteiger partial charge in [-0.05, 0) is 44.1 Å². The summed E-state index contributed by atoms with van der Waals surface area (Å²) in [5.74, 6) is 1.87. The molecule has 2 fully saturated rings. The molecule has 2 heteroatoms. The molecular weight excluding hydrogens is 222 g/mol. The van der Waals surface area contributed by atoms with Crippen molar-refractivity contribution in [3.8, 4) is 0 Å². The first kappa shape index (κ1) is 14.3. The smallest absolute Gasteiger partial charge is 0.0622 e. The average molecular weight is 253 g/mol. The van der Waals surface area contributed by atoms with E-state index >= 15 is 0 Å². The molecule has 106 valence electrons. The van der Waals surface area contributed by atoms with Crippen molar-refractivity contribution in [1.82, 2.24) is 5.32 Å². The van der Waals surface area contributed by atoms with E-state index in [0.29, 0.717) is 6.04 Å². The summed E-state index contributed by atoms with van der Waals surface area (Å²) < 4.78 is 5.93. The third-order valence-electron chi connectivity index (χ3n) is 4.54. The Labute approximate surface area is 113 Å². The first-order valence-corrected chi connectivity index (χ1v) is 8.21. The predicted molar refractivity (Wildman–Crippen MR) is 76.8 cm³/mol. The average Bonchev–Trinajstić information content (AvgIpc) is 3.23. The van der Waals surface area contributed by atoms with Crippen LogP contribution in [0.25, 0.3) is 0 Å². The molecule has 0 heterocycles. The SMILES string of the molecule is CCCNC(COCCC1CC1)C1CCCCC1. The van der Waals surface area contributed by atoms with Gasteiger partial charge in [0.25, 0.3) is 0 Å². The first-order chi connectivity index (χ1) is 8.90. The molecule has 0 aromatic heterocycles. The fourth-order valence-electron chi connectivity index (χ4n) is 3.09. The third-order valence-corrected chi connectivity index (χ3v) is 4.54. The molecule has 0 bridgehead atoms. The Morgan fingerprint density at radius 2 is 1.89 bits per heavy atom. The molecule has 2 saturated carbocycles. The maximum absolute atomic E-state index is 5.93. The van der Waals surface area contributed by atoms with Crippen LogP contribution in [0.1, 0.15) is 64.7 Å². The predicted octanol–water partition coefficient (Wildman–Crippen LogP) is 3.75. The second-order valence-electron chi connectivity index (χ2n) is 6.27. The van der Waals surface area contributed by atoms with Crippen LogP contribution in [0.2, 0.25) is 0 Å². The Kier molecular flexibility index (Phi) is 6.50. The highest BCUT2D eigenvalue weighted by atomic mass is 16.5. The summed E-state index contributed by atoms with van der Waals surface area (Å²) in [6, 6.07) is 0.615. The van der Waals surface area contributed by atoms with Gasteiger partial charge in [-0.2, -0.15) is 0 Å². The van der Waals surface area contributed by atoms with E-state index < -0.39 is 0 Å². The minimum absolute atomic E-state index is 0.615. The molecule has 2 rings (SSSR count). The summed E-state index contributed by atoms with van der Waals surface area (Å²) in [4.78, 5) is 0. The van der Waals surface area contributed by atoms with Gasteiger partial charge < -0.3 is 10.1 Å². The van der Waals surface area contributed by atoms with Crippen LogP contribution < -0.4 is 5.32 Å². The van der Waals surface area contributed by atoms with Crippen molar-refractivity contribution < 1.29 is 4.74 Å². The summed E-state index contributed by atoms with van der Waals surface area (Å²) in [6.45, 7) is 5.32. The first-order valence-electron chi connectivity index (χ1n) is 8.21. The Balaban J connectivity index is 1.64. The zero-order chi connectivity index (χ0) is 12.6. The zero-order valence-corrected chi connectivity index (χ0v) is 12.1. The number of rotatable bonds is 9. The van der Waals surface area contributed by atoms with Crippen molar-refractivity contribution in [2.75, 3.05) is 19.8 Å². The Morgan fingerprint density at radius 3 is 2.56 bits per heavy atom. The molecule has 2 aliphatic rings. The molecule has 0 spiro atoms. The maximum atomic E-state index is 5.93. The Hall–Kier alpha value is -0.0800. The number of hydrogen-bond donors (Lipinski definition) is 1. The van der Waals surface area contributed by atoms with Crippen molar-refractivity contribution in [1.29, 1.82) is 0 Å². The van der Waals surface area contributed by atoms with Gasteiger partial charge in [0.1, 0.15) is 0 Å². The molecule has 18 heavy (non-hydrogen) atoms. The highest BCUT2D eigenvalue weighted by Crippen LogP contribution is 2.32. The van der Waals surface area contributed by atoms with Gasteiger partial charge >= 0.3 is 0 Å². The van der Waals surface area contributed by atoms with Gasteiger partial charge in [0, 0.05) is 12.6 Å². The standard InChI is InChI=1S/C16H31NO/c1-2-11-17-16(15-6-4-3-5-7-15)13-18-12-10-14-8-9-14/h14-17H,2-13H2,1H3. The van der Waals surface area contributed by atoms with Gasteiger partial charge in [-0.1, -0.05) is 39.0 Å². The summed E-state index contributed by atoms with van der Waals surface area (Å²) in [5, 5.41) is 3.72. The van der Waals surface area contributed by atoms with E-state index in [1.807, 2.05) is 0 Å². The topological polar surface area (TPSA) is 21.3 Å². The van der Waals surface area contributed by atoms with E-state index in [1.165, 1.54) is 57.8 Å². The van der Waals surface area contributed by atoms with Crippen LogP contribution in [0.4, 0.5) is 0 Å². The van der Waals surface area contributed by atoms with Crippen molar-refractivity contribution in [3.05, 3.63) is 0 Å². The van der Waals surface area contributed by atoms with Crippen molar-refractivity contribution in [2.24, 2.45) is 11.8 Å². The second-order valence-corrected chi connectivity index (χ2v) is 6.27. The highest BCUT2D eigenvalue weighted by Gasteiger charge is 2.24. The molecule has 0 saturated heterocycles. The van der Waals surface area contributed by atoms with Gasteiger partial charge in [0.2, 0.25) is 0 Å². The Bertz CT molecular complexity index is 209. The van der Waals surface area contributed by atoms with Crippen LogP contribution in [0, 0.1) is 11.8 Å². The lowest BCUT2D eigenvalue weighted by Crippen LogP contribution is -2.41. The summed E-state index contributed by atoms with van der Waals surface area (Å²) in [7, 11) is 0. The largest absolute Gasteiger partial charge is 0.380 e. The molecule has 0 radical (unpaired) electrons. The van der Waals surface area contributed by atoms with E-state index in [2.05, 4.69) is 12.2 Å². The van der Waals surface area contributed by atoms with Gasteiger partial charge in [-0.25, -0.2) is 0 Å². The van der Waals surface area contributed by atoms with Crippen molar-refractivity contribution in [2.45, 2.75) is 70.8 Å². The fraction of sp³-hybridized carbons (Fsp3) is 1.00. The van der Waals surface area contributed by atoms with Crippen LogP contribution in [-0.2, 0) is 4.74 Å². The summed E-state index contributed by atoms with van der Waals surface area (Å²) in [5.41, 5.74) is 0. The van der Waals surface area contributed by atoms with Crippen LogP contribution >= 0.6 is 0 Å². The summed E-state index contributed by atoms with van der Waals surface area (Å²) >= 11 is 0. The number of ether oxygens (including phenoxy) is 1. The van der Waals surface area contributed by atoms with Crippen molar-refractivity contribution in [3.63, 3.8) is 0 Å². The van der Waals surface area contributed by atoms with E-state index in [9.17, 15) is 0 Å². The molecule has 0 aromatic rings. The highest BCUT2D eigenvalue weighted by molar-refractivity contribution is 4.79. The zero-order valence-electron chi connectivity index (χ0n) is 12.1. The van der Waals surface area contributed by atoms with Crippen LogP contribution in [-0.4, -0.2) is 25.8 Å². The van der Waals surface area contributed by atoms with Crippen molar-refractivity contribution >= 4 is 0 Å². The van der Waals surface area contributed by atoms with E-state index in [4.69, 9.17) is 4.74 Å². The fourth-order valence-corrected chi connectivity index (χ4v) is 3.09. The molecule has 2 nitrogen and oxygen atoms in total. The molecule has 0 aromatic carbocycles. The van der Waals surface area contributed by atoms with E-state index in [-0.39, 0.29) is 0 Å². The molecule has 0 aliphatic heterocycles. The van der Waals surface area contributed by atoms with Crippen LogP contribution in [0.5, 0.6) is 0 Å². The van der Waals surface area contributed by atoms with E-state index in [1.54, 1.807) is 0 Å². The minimum Gasteiger partial charge on any atom is -0.380 e. The van der Waals surface area contributed by atoms with Crippen LogP contribution in [0.3, 0.4) is 0 Å². The monoisotopic (exact) mass is 253 g/mol. The summed E-state index contributed by atoms with van der Waals surface area (Å²) in [6.07, 6.45) is 12.5. The molecule has 1 unspecified atom stereocenters. The lowest BCUT2D eigenvalue weighted by molar-refractivity contribution is 0.0806. The maximum Gasteiger partial charge on any atom is 0.0622 e. The third kappa shape index (κ3) is 5.27. The normalized spacial score (nSPS) is 23.2. The van der Waals surface area contributed by atoms with Crippen LogP contribution in [0.15, 0.2) is 0 Å². The molecule has 0 amide bonds. The van der Waals surface area contributed by atoms with Gasteiger partial charge in [-0.15, -0.1) is 0 Å². The second kappa shape index (κ2) is 8.16. The van der Waals surface area contributed by atoms with Gasteiger partial charge in [0.05, 0.1) is 6.61 Å². The minimum atomic E-state index is 0.615. The molecular formula is C16H31NO. The molecule has 2 aliphatic carbocycles.